The van der Waals surface area contributed by atoms with E-state index < -0.39 is 0 Å². The Hall–Kier alpha value is -1.12. The van der Waals surface area contributed by atoms with Gasteiger partial charge in [-0.15, -0.1) is 0 Å². The topological polar surface area (TPSA) is 12.5 Å². The van der Waals surface area contributed by atoms with Crippen molar-refractivity contribution in [3.05, 3.63) is 41.5 Å². The first kappa shape index (κ1) is 12.9. The molecule has 102 valence electrons. The van der Waals surface area contributed by atoms with Crippen LogP contribution in [0.15, 0.2) is 35.9 Å². The molecule has 0 spiro atoms. The van der Waals surface area contributed by atoms with Crippen molar-refractivity contribution in [2.24, 2.45) is 0 Å². The molecule has 1 aromatic rings. The minimum Gasteiger partial charge on any atom is -0.379 e. The zero-order chi connectivity index (χ0) is 13.1. The molecule has 2 aliphatic rings. The lowest BCUT2D eigenvalue weighted by Crippen LogP contribution is -2.57. The van der Waals surface area contributed by atoms with Gasteiger partial charge in [0, 0.05) is 26.2 Å². The monoisotopic (exact) mass is 257 g/mol. The third-order valence-electron chi connectivity index (χ3n) is 4.42. The molecule has 1 aliphatic heterocycles. The van der Waals surface area contributed by atoms with Gasteiger partial charge in [-0.2, -0.15) is 0 Å². The fourth-order valence-corrected chi connectivity index (χ4v) is 3.24. The molecule has 1 aromatic carbocycles. The molecular formula is C17H23NO. The zero-order valence-electron chi connectivity index (χ0n) is 11.7. The number of rotatable bonds is 3. The fourth-order valence-electron chi connectivity index (χ4n) is 3.24. The van der Waals surface area contributed by atoms with Crippen LogP contribution in [0.4, 0.5) is 0 Å². The van der Waals surface area contributed by atoms with Gasteiger partial charge in [0.25, 0.3) is 0 Å². The van der Waals surface area contributed by atoms with E-state index in [1.54, 1.807) is 5.57 Å². The van der Waals surface area contributed by atoms with Crippen molar-refractivity contribution in [3.8, 4) is 0 Å². The van der Waals surface area contributed by atoms with Crippen molar-refractivity contribution in [2.45, 2.75) is 37.8 Å². The predicted molar refractivity (Wildman–Crippen MR) is 79.0 cm³/mol. The Balaban J connectivity index is 1.73. The summed E-state index contributed by atoms with van der Waals surface area (Å²) >= 11 is 0. The van der Waals surface area contributed by atoms with Gasteiger partial charge in [0.1, 0.15) is 0 Å². The summed E-state index contributed by atoms with van der Waals surface area (Å²) in [5, 5.41) is 0. The van der Waals surface area contributed by atoms with Crippen LogP contribution in [0.3, 0.4) is 0 Å². The van der Waals surface area contributed by atoms with Gasteiger partial charge in [0.05, 0.1) is 6.10 Å². The van der Waals surface area contributed by atoms with Gasteiger partial charge in [-0.3, -0.25) is 4.90 Å². The molecule has 1 saturated heterocycles. The maximum Gasteiger partial charge on any atom is 0.0825 e. The second-order valence-electron chi connectivity index (χ2n) is 5.70. The van der Waals surface area contributed by atoms with Crippen molar-refractivity contribution in [3.63, 3.8) is 0 Å². The first-order valence-electron chi connectivity index (χ1n) is 7.39. The lowest BCUT2D eigenvalue weighted by molar-refractivity contribution is -0.0473. The highest BCUT2D eigenvalue weighted by atomic mass is 16.5. The summed E-state index contributed by atoms with van der Waals surface area (Å²) in [5.41, 5.74) is 2.96. The molecule has 0 amide bonds. The van der Waals surface area contributed by atoms with Gasteiger partial charge in [-0.05, 0) is 24.8 Å². The molecule has 1 saturated carbocycles. The normalized spacial score (nSPS) is 27.4. The van der Waals surface area contributed by atoms with Gasteiger partial charge in [0.2, 0.25) is 0 Å². The molecule has 3 rings (SSSR count). The van der Waals surface area contributed by atoms with E-state index in [4.69, 9.17) is 4.74 Å². The third kappa shape index (κ3) is 2.90. The number of benzene rings is 1. The molecule has 0 bridgehead atoms. The molecule has 1 atom stereocenters. The SMILES string of the molecule is COC1CN(C2CCCC/C2=C/c2ccccc2)C1. The highest BCUT2D eigenvalue weighted by molar-refractivity contribution is 5.54. The summed E-state index contributed by atoms with van der Waals surface area (Å²) in [4.78, 5) is 2.59. The van der Waals surface area contributed by atoms with E-state index in [1.165, 1.54) is 31.2 Å². The Kier molecular flexibility index (Phi) is 4.00. The van der Waals surface area contributed by atoms with Crippen LogP contribution in [0.1, 0.15) is 31.2 Å². The molecule has 1 unspecified atom stereocenters. The Morgan fingerprint density at radius 2 is 1.95 bits per heavy atom. The van der Waals surface area contributed by atoms with E-state index in [9.17, 15) is 0 Å². The number of hydrogen-bond acceptors (Lipinski definition) is 2. The van der Waals surface area contributed by atoms with Gasteiger partial charge in [-0.1, -0.05) is 48.4 Å². The zero-order valence-corrected chi connectivity index (χ0v) is 11.7. The Bertz CT molecular complexity index is 434. The van der Waals surface area contributed by atoms with E-state index in [1.807, 2.05) is 7.11 Å². The smallest absolute Gasteiger partial charge is 0.0825 e. The first-order chi connectivity index (χ1) is 9.36. The molecular weight excluding hydrogens is 234 g/mol. The quantitative estimate of drug-likeness (QED) is 0.823. The van der Waals surface area contributed by atoms with Gasteiger partial charge < -0.3 is 4.74 Å². The highest BCUT2D eigenvalue weighted by Crippen LogP contribution is 2.32. The van der Waals surface area contributed by atoms with Crippen molar-refractivity contribution in [2.75, 3.05) is 20.2 Å². The van der Waals surface area contributed by atoms with Crippen LogP contribution >= 0.6 is 0 Å². The van der Waals surface area contributed by atoms with E-state index in [0.29, 0.717) is 12.1 Å². The maximum atomic E-state index is 5.40. The Morgan fingerprint density at radius 3 is 2.68 bits per heavy atom. The number of likely N-dealkylation sites (tertiary alicyclic amines) is 1. The Labute approximate surface area is 116 Å². The second-order valence-corrected chi connectivity index (χ2v) is 5.70. The minimum absolute atomic E-state index is 0.458. The molecule has 1 aliphatic carbocycles. The maximum absolute atomic E-state index is 5.40. The largest absolute Gasteiger partial charge is 0.379 e. The van der Waals surface area contributed by atoms with Crippen LogP contribution in [0, 0.1) is 0 Å². The van der Waals surface area contributed by atoms with Crippen LogP contribution in [0.5, 0.6) is 0 Å². The average molecular weight is 257 g/mol. The van der Waals surface area contributed by atoms with E-state index in [0.717, 1.165) is 13.1 Å². The lowest BCUT2D eigenvalue weighted by atomic mass is 9.86. The third-order valence-corrected chi connectivity index (χ3v) is 4.42. The summed E-state index contributed by atoms with van der Waals surface area (Å²) in [7, 11) is 1.82. The van der Waals surface area contributed by atoms with E-state index in [-0.39, 0.29) is 0 Å². The second kappa shape index (κ2) is 5.89. The Morgan fingerprint density at radius 1 is 1.16 bits per heavy atom. The predicted octanol–water partition coefficient (Wildman–Crippen LogP) is 3.34. The van der Waals surface area contributed by atoms with Crippen LogP contribution in [0.2, 0.25) is 0 Å². The van der Waals surface area contributed by atoms with Crippen molar-refractivity contribution >= 4 is 6.08 Å². The standard InChI is InChI=1S/C17H23NO/c1-19-16-12-18(13-16)17-10-6-5-9-15(17)11-14-7-3-2-4-8-14/h2-4,7-8,11,16-17H,5-6,9-10,12-13H2,1H3/b15-11-. The number of hydrogen-bond donors (Lipinski definition) is 0. The number of ether oxygens (including phenoxy) is 1. The average Bonchev–Trinajstić information content (AvgIpc) is 2.41. The molecule has 0 aromatic heterocycles. The van der Waals surface area contributed by atoms with Crippen LogP contribution < -0.4 is 0 Å². The van der Waals surface area contributed by atoms with Crippen molar-refractivity contribution < 1.29 is 4.74 Å². The van der Waals surface area contributed by atoms with Gasteiger partial charge >= 0.3 is 0 Å². The van der Waals surface area contributed by atoms with Gasteiger partial charge in [-0.25, -0.2) is 0 Å². The highest BCUT2D eigenvalue weighted by Gasteiger charge is 2.34. The molecule has 2 heteroatoms. The summed E-state index contributed by atoms with van der Waals surface area (Å²) in [6.45, 7) is 2.21. The van der Waals surface area contributed by atoms with E-state index in [2.05, 4.69) is 41.3 Å². The first-order valence-corrected chi connectivity index (χ1v) is 7.39. The number of nitrogens with zero attached hydrogens (tertiary/aromatic N) is 1. The molecule has 0 radical (unpaired) electrons. The van der Waals surface area contributed by atoms with Gasteiger partial charge in [0.15, 0.2) is 0 Å². The molecule has 19 heavy (non-hydrogen) atoms. The van der Waals surface area contributed by atoms with Crippen LogP contribution in [-0.2, 0) is 4.74 Å². The summed E-state index contributed by atoms with van der Waals surface area (Å²) < 4.78 is 5.40. The van der Waals surface area contributed by atoms with Crippen LogP contribution in [0.25, 0.3) is 6.08 Å². The minimum atomic E-state index is 0.458. The molecule has 0 N–H and O–H groups in total. The molecule has 2 fully saturated rings. The summed E-state index contributed by atoms with van der Waals surface area (Å²) in [5.74, 6) is 0. The summed E-state index contributed by atoms with van der Waals surface area (Å²) in [6.07, 6.45) is 8.15. The van der Waals surface area contributed by atoms with E-state index >= 15 is 0 Å². The van der Waals surface area contributed by atoms with Crippen molar-refractivity contribution in [1.29, 1.82) is 0 Å². The lowest BCUT2D eigenvalue weighted by Gasteiger charge is -2.46. The van der Waals surface area contributed by atoms with Crippen molar-refractivity contribution in [1.82, 2.24) is 4.90 Å². The summed E-state index contributed by atoms with van der Waals surface area (Å²) in [6, 6.07) is 11.4. The molecule has 1 heterocycles. The molecule has 2 nitrogen and oxygen atoms in total. The number of methoxy groups -OCH3 is 1. The van der Waals surface area contributed by atoms with Crippen LogP contribution in [-0.4, -0.2) is 37.2 Å². The fraction of sp³-hybridized carbons (Fsp3) is 0.529.